The molecule has 0 bridgehead atoms. The van der Waals surface area contributed by atoms with Gasteiger partial charge in [-0.3, -0.25) is 0 Å². The van der Waals surface area contributed by atoms with Crippen LogP contribution in [-0.4, -0.2) is 17.5 Å². The number of hydrogen-bond donors (Lipinski definition) is 0. The molecule has 88 valence electrons. The first-order valence-corrected chi connectivity index (χ1v) is 6.06. The molecule has 1 spiro atoms. The van der Waals surface area contributed by atoms with Gasteiger partial charge in [-0.25, -0.2) is 9.78 Å². The second-order valence-electron chi connectivity index (χ2n) is 5.53. The monoisotopic (exact) mass is 214 g/mol. The maximum Gasteiger partial charge on any atom is 0.201 e. The van der Waals surface area contributed by atoms with Crippen LogP contribution in [0, 0.1) is 0 Å². The van der Waals surface area contributed by atoms with Crippen molar-refractivity contribution < 1.29 is 14.5 Å². The average molecular weight is 214 g/mol. The summed E-state index contributed by atoms with van der Waals surface area (Å²) in [6, 6.07) is 0. The number of rotatable bonds is 0. The summed E-state index contributed by atoms with van der Waals surface area (Å²) < 4.78 is 6.03. The van der Waals surface area contributed by atoms with E-state index >= 15 is 0 Å². The van der Waals surface area contributed by atoms with E-state index in [9.17, 15) is 0 Å². The Morgan fingerprint density at radius 2 is 1.67 bits per heavy atom. The molecule has 2 aliphatic rings. The molecule has 0 aromatic rings. The molecule has 1 aliphatic carbocycles. The zero-order valence-corrected chi connectivity index (χ0v) is 10.0. The van der Waals surface area contributed by atoms with Gasteiger partial charge in [-0.1, -0.05) is 6.42 Å². The van der Waals surface area contributed by atoms with Gasteiger partial charge >= 0.3 is 0 Å². The summed E-state index contributed by atoms with van der Waals surface area (Å²) in [5.74, 6) is -0.453. The molecule has 1 unspecified atom stereocenters. The van der Waals surface area contributed by atoms with Crippen molar-refractivity contribution >= 4 is 0 Å². The molecule has 3 nitrogen and oxygen atoms in total. The molecule has 1 saturated heterocycles. The Labute approximate surface area is 92.0 Å². The standard InChI is InChI=1S/C12H22O3/c1-10-9-11(2,3)14-15-12(13-10)7-5-4-6-8-12/h10H,4-9H2,1-3H3. The summed E-state index contributed by atoms with van der Waals surface area (Å²) in [4.78, 5) is 11.1. The number of ether oxygens (including phenoxy) is 1. The minimum Gasteiger partial charge on any atom is -0.344 e. The molecule has 1 atom stereocenters. The van der Waals surface area contributed by atoms with Crippen LogP contribution in [0.25, 0.3) is 0 Å². The van der Waals surface area contributed by atoms with Gasteiger partial charge in [-0.2, -0.15) is 0 Å². The fraction of sp³-hybridized carbons (Fsp3) is 1.00. The highest BCUT2D eigenvalue weighted by molar-refractivity contribution is 4.80. The SMILES string of the molecule is CC1CC(C)(C)OOC2(CCCCC2)O1. The van der Waals surface area contributed by atoms with E-state index in [0.717, 1.165) is 19.3 Å². The van der Waals surface area contributed by atoms with E-state index < -0.39 is 5.79 Å². The number of hydrogen-bond acceptors (Lipinski definition) is 3. The normalized spacial score (nSPS) is 35.0. The van der Waals surface area contributed by atoms with Crippen molar-refractivity contribution in [1.29, 1.82) is 0 Å². The van der Waals surface area contributed by atoms with E-state index in [1.807, 2.05) is 0 Å². The molecular formula is C12H22O3. The van der Waals surface area contributed by atoms with Gasteiger partial charge < -0.3 is 4.74 Å². The van der Waals surface area contributed by atoms with E-state index in [1.165, 1.54) is 19.3 Å². The van der Waals surface area contributed by atoms with Gasteiger partial charge in [0, 0.05) is 19.3 Å². The van der Waals surface area contributed by atoms with Crippen LogP contribution >= 0.6 is 0 Å². The molecule has 0 aromatic heterocycles. The van der Waals surface area contributed by atoms with Gasteiger partial charge in [0.1, 0.15) is 5.60 Å². The fourth-order valence-electron chi connectivity index (χ4n) is 2.63. The van der Waals surface area contributed by atoms with Gasteiger partial charge in [-0.15, -0.1) is 0 Å². The highest BCUT2D eigenvalue weighted by Crippen LogP contribution is 2.39. The summed E-state index contributed by atoms with van der Waals surface area (Å²) in [5, 5.41) is 0. The summed E-state index contributed by atoms with van der Waals surface area (Å²) in [7, 11) is 0. The fourth-order valence-corrected chi connectivity index (χ4v) is 2.63. The first-order chi connectivity index (χ1) is 7.02. The quantitative estimate of drug-likeness (QED) is 0.580. The Hall–Kier alpha value is -0.120. The van der Waals surface area contributed by atoms with Crippen molar-refractivity contribution in [3.63, 3.8) is 0 Å². The molecule has 1 saturated carbocycles. The highest BCUT2D eigenvalue weighted by Gasteiger charge is 2.42. The Morgan fingerprint density at radius 1 is 1.00 bits per heavy atom. The summed E-state index contributed by atoms with van der Waals surface area (Å²) in [6.07, 6.45) is 6.66. The van der Waals surface area contributed by atoms with E-state index in [0.29, 0.717) is 0 Å². The van der Waals surface area contributed by atoms with Gasteiger partial charge in [0.15, 0.2) is 0 Å². The third-order valence-electron chi connectivity index (χ3n) is 3.23. The van der Waals surface area contributed by atoms with Crippen LogP contribution < -0.4 is 0 Å². The molecule has 15 heavy (non-hydrogen) atoms. The smallest absolute Gasteiger partial charge is 0.201 e. The van der Waals surface area contributed by atoms with Gasteiger partial charge in [0.25, 0.3) is 0 Å². The second-order valence-corrected chi connectivity index (χ2v) is 5.53. The molecular weight excluding hydrogens is 192 g/mol. The molecule has 2 fully saturated rings. The molecule has 0 amide bonds. The largest absolute Gasteiger partial charge is 0.344 e. The lowest BCUT2D eigenvalue weighted by molar-refractivity contribution is -0.452. The molecule has 3 heteroatoms. The predicted octanol–water partition coefficient (Wildman–Crippen LogP) is 3.18. The van der Waals surface area contributed by atoms with Crippen LogP contribution in [0.4, 0.5) is 0 Å². The van der Waals surface area contributed by atoms with Crippen LogP contribution in [0.5, 0.6) is 0 Å². The van der Waals surface area contributed by atoms with Crippen molar-refractivity contribution in [3.05, 3.63) is 0 Å². The molecule has 1 heterocycles. The van der Waals surface area contributed by atoms with Gasteiger partial charge in [0.2, 0.25) is 5.79 Å². The lowest BCUT2D eigenvalue weighted by Crippen LogP contribution is -2.39. The Bertz CT molecular complexity index is 219. The Balaban J connectivity index is 2.07. The molecule has 0 N–H and O–H groups in total. The zero-order chi connectivity index (χ0) is 10.9. The van der Waals surface area contributed by atoms with Crippen molar-refractivity contribution in [2.45, 2.75) is 76.8 Å². The average Bonchev–Trinajstić information content (AvgIpc) is 2.25. The third-order valence-corrected chi connectivity index (χ3v) is 3.23. The molecule has 1 aliphatic heterocycles. The maximum absolute atomic E-state index is 6.03. The molecule has 0 radical (unpaired) electrons. The minimum atomic E-state index is -0.453. The molecule has 0 aromatic carbocycles. The van der Waals surface area contributed by atoms with E-state index in [2.05, 4.69) is 20.8 Å². The zero-order valence-electron chi connectivity index (χ0n) is 10.0. The lowest BCUT2D eigenvalue weighted by Gasteiger charge is -2.35. The van der Waals surface area contributed by atoms with Crippen LogP contribution in [-0.2, 0) is 14.5 Å². The summed E-state index contributed by atoms with van der Waals surface area (Å²) >= 11 is 0. The lowest BCUT2D eigenvalue weighted by atomic mass is 9.94. The first kappa shape index (κ1) is 11.4. The van der Waals surface area contributed by atoms with Crippen LogP contribution in [0.1, 0.15) is 59.3 Å². The van der Waals surface area contributed by atoms with E-state index in [4.69, 9.17) is 14.5 Å². The maximum atomic E-state index is 6.03. The van der Waals surface area contributed by atoms with Gasteiger partial charge in [0.05, 0.1) is 6.10 Å². The minimum absolute atomic E-state index is 0.209. The topological polar surface area (TPSA) is 27.7 Å². The summed E-state index contributed by atoms with van der Waals surface area (Å²) in [5.41, 5.74) is -0.236. The van der Waals surface area contributed by atoms with Gasteiger partial charge in [-0.05, 0) is 33.6 Å². The Morgan fingerprint density at radius 3 is 2.33 bits per heavy atom. The molecule has 2 rings (SSSR count). The highest BCUT2D eigenvalue weighted by atomic mass is 17.2. The van der Waals surface area contributed by atoms with E-state index in [-0.39, 0.29) is 11.7 Å². The van der Waals surface area contributed by atoms with Crippen molar-refractivity contribution in [2.75, 3.05) is 0 Å². The summed E-state index contributed by atoms with van der Waals surface area (Å²) in [6.45, 7) is 6.21. The van der Waals surface area contributed by atoms with Crippen molar-refractivity contribution in [3.8, 4) is 0 Å². The van der Waals surface area contributed by atoms with Crippen LogP contribution in [0.3, 0.4) is 0 Å². The third kappa shape index (κ3) is 2.71. The van der Waals surface area contributed by atoms with Crippen molar-refractivity contribution in [2.24, 2.45) is 0 Å². The van der Waals surface area contributed by atoms with Crippen LogP contribution in [0.2, 0.25) is 0 Å². The van der Waals surface area contributed by atoms with Crippen LogP contribution in [0.15, 0.2) is 0 Å². The predicted molar refractivity (Wildman–Crippen MR) is 57.2 cm³/mol. The first-order valence-electron chi connectivity index (χ1n) is 6.06. The van der Waals surface area contributed by atoms with Crippen molar-refractivity contribution in [1.82, 2.24) is 0 Å². The van der Waals surface area contributed by atoms with E-state index in [1.54, 1.807) is 0 Å². The second kappa shape index (κ2) is 4.04. The Kier molecular flexibility index (Phi) is 3.06.